The van der Waals surface area contributed by atoms with Crippen LogP contribution in [0.2, 0.25) is 0 Å². The first kappa shape index (κ1) is 18.1. The molecule has 1 saturated carbocycles. The molecule has 0 aliphatic heterocycles. The molecule has 0 aromatic rings. The SMILES string of the molecule is CCO[SiH](OCC)OCC.CNC1CCCCC1. The van der Waals surface area contributed by atoms with Crippen molar-refractivity contribution in [2.24, 2.45) is 0 Å². The maximum absolute atomic E-state index is 5.22. The van der Waals surface area contributed by atoms with Crippen LogP contribution in [0.25, 0.3) is 0 Å². The van der Waals surface area contributed by atoms with E-state index in [-0.39, 0.29) is 0 Å². The lowest BCUT2D eigenvalue weighted by Gasteiger charge is -2.20. The van der Waals surface area contributed by atoms with Gasteiger partial charge in [-0.3, -0.25) is 0 Å². The molecule has 4 nitrogen and oxygen atoms in total. The molecule has 5 heteroatoms. The molecule has 0 spiro atoms. The second kappa shape index (κ2) is 13.5. The molecule has 0 amide bonds. The molecule has 0 heterocycles. The number of rotatable bonds is 7. The second-order valence-corrected chi connectivity index (χ2v) is 5.86. The van der Waals surface area contributed by atoms with Gasteiger partial charge in [-0.25, -0.2) is 0 Å². The molecule has 1 aliphatic rings. The van der Waals surface area contributed by atoms with Gasteiger partial charge in [-0.2, -0.15) is 0 Å². The van der Waals surface area contributed by atoms with Crippen molar-refractivity contribution in [1.82, 2.24) is 5.32 Å². The molecule has 1 aliphatic carbocycles. The van der Waals surface area contributed by atoms with Gasteiger partial charge in [0.1, 0.15) is 0 Å². The van der Waals surface area contributed by atoms with Crippen LogP contribution in [0.5, 0.6) is 0 Å². The lowest BCUT2D eigenvalue weighted by atomic mass is 9.96. The molecular formula is C13H31NO3Si. The minimum atomic E-state index is -1.73. The van der Waals surface area contributed by atoms with Gasteiger partial charge in [0.15, 0.2) is 0 Å². The Balaban J connectivity index is 0.000000327. The molecule has 110 valence electrons. The summed E-state index contributed by atoms with van der Waals surface area (Å²) in [6.07, 6.45) is 7.13. The Kier molecular flexibility index (Phi) is 13.5. The summed E-state index contributed by atoms with van der Waals surface area (Å²) >= 11 is 0. The Morgan fingerprint density at radius 1 is 0.889 bits per heavy atom. The van der Waals surface area contributed by atoms with E-state index >= 15 is 0 Å². The third kappa shape index (κ3) is 10.0. The van der Waals surface area contributed by atoms with Gasteiger partial charge in [-0.15, -0.1) is 0 Å². The van der Waals surface area contributed by atoms with Gasteiger partial charge in [0.05, 0.1) is 0 Å². The van der Waals surface area contributed by atoms with Gasteiger partial charge in [0.25, 0.3) is 0 Å². The fraction of sp³-hybridized carbons (Fsp3) is 1.00. The van der Waals surface area contributed by atoms with Gasteiger partial charge in [0.2, 0.25) is 0 Å². The molecule has 1 N–H and O–H groups in total. The molecule has 1 rings (SSSR count). The average molecular weight is 277 g/mol. The van der Waals surface area contributed by atoms with Crippen LogP contribution in [-0.4, -0.2) is 42.4 Å². The summed E-state index contributed by atoms with van der Waals surface area (Å²) in [5.41, 5.74) is 0. The fourth-order valence-corrected chi connectivity index (χ4v) is 3.05. The Morgan fingerprint density at radius 3 is 1.61 bits per heavy atom. The van der Waals surface area contributed by atoms with Crippen molar-refractivity contribution in [2.45, 2.75) is 58.9 Å². The van der Waals surface area contributed by atoms with E-state index in [4.69, 9.17) is 13.3 Å². The highest BCUT2D eigenvalue weighted by Gasteiger charge is 2.11. The first-order valence-corrected chi connectivity index (χ1v) is 8.71. The van der Waals surface area contributed by atoms with Crippen LogP contribution in [-0.2, 0) is 13.3 Å². The highest BCUT2D eigenvalue weighted by Crippen LogP contribution is 2.16. The van der Waals surface area contributed by atoms with Crippen LogP contribution in [0.15, 0.2) is 0 Å². The highest BCUT2D eigenvalue weighted by atomic mass is 28.3. The van der Waals surface area contributed by atoms with E-state index in [0.717, 1.165) is 6.04 Å². The largest absolute Gasteiger partial charge is 0.484 e. The zero-order valence-corrected chi connectivity index (χ0v) is 13.7. The van der Waals surface area contributed by atoms with Crippen molar-refractivity contribution in [3.63, 3.8) is 0 Å². The van der Waals surface area contributed by atoms with E-state index in [1.54, 1.807) is 0 Å². The van der Waals surface area contributed by atoms with Crippen molar-refractivity contribution < 1.29 is 13.3 Å². The van der Waals surface area contributed by atoms with Crippen LogP contribution in [0.4, 0.5) is 0 Å². The van der Waals surface area contributed by atoms with Gasteiger partial charge >= 0.3 is 9.53 Å². The van der Waals surface area contributed by atoms with Crippen molar-refractivity contribution in [1.29, 1.82) is 0 Å². The Hall–Kier alpha value is 0.0569. The fourth-order valence-electron chi connectivity index (χ4n) is 1.94. The van der Waals surface area contributed by atoms with Crippen LogP contribution in [0.3, 0.4) is 0 Å². The summed E-state index contributed by atoms with van der Waals surface area (Å²) in [7, 11) is 0.332. The Labute approximate surface area is 114 Å². The van der Waals surface area contributed by atoms with Gasteiger partial charge in [0, 0.05) is 25.9 Å². The number of hydrogen-bond acceptors (Lipinski definition) is 4. The lowest BCUT2D eigenvalue weighted by molar-refractivity contribution is 0.107. The van der Waals surface area contributed by atoms with Gasteiger partial charge in [-0.1, -0.05) is 19.3 Å². The summed E-state index contributed by atoms with van der Waals surface area (Å²) in [5.74, 6) is 0. The van der Waals surface area contributed by atoms with E-state index in [9.17, 15) is 0 Å². The number of nitrogens with one attached hydrogen (secondary N) is 1. The molecule has 0 unspecified atom stereocenters. The lowest BCUT2D eigenvalue weighted by Crippen LogP contribution is -2.27. The quantitative estimate of drug-likeness (QED) is 0.725. The molecule has 0 aromatic heterocycles. The smallest absolute Gasteiger partial charge is 0.376 e. The van der Waals surface area contributed by atoms with Crippen LogP contribution >= 0.6 is 0 Å². The minimum Gasteiger partial charge on any atom is -0.376 e. The van der Waals surface area contributed by atoms with E-state index in [0.29, 0.717) is 19.8 Å². The highest BCUT2D eigenvalue weighted by molar-refractivity contribution is 6.36. The predicted octanol–water partition coefficient (Wildman–Crippen LogP) is 2.35. The molecular weight excluding hydrogens is 246 g/mol. The molecule has 0 atom stereocenters. The van der Waals surface area contributed by atoms with Crippen molar-refractivity contribution in [2.75, 3.05) is 26.9 Å². The molecule has 0 radical (unpaired) electrons. The maximum atomic E-state index is 5.22. The third-order valence-electron chi connectivity index (χ3n) is 2.92. The minimum absolute atomic E-state index is 0.677. The zero-order chi connectivity index (χ0) is 13.6. The average Bonchev–Trinajstić information content (AvgIpc) is 2.41. The normalized spacial score (nSPS) is 16.5. The predicted molar refractivity (Wildman–Crippen MR) is 78.0 cm³/mol. The summed E-state index contributed by atoms with van der Waals surface area (Å²) in [4.78, 5) is 0. The second-order valence-electron chi connectivity index (χ2n) is 4.28. The van der Waals surface area contributed by atoms with Crippen molar-refractivity contribution >= 4 is 9.53 Å². The topological polar surface area (TPSA) is 39.7 Å². The van der Waals surface area contributed by atoms with Crippen LogP contribution < -0.4 is 5.32 Å². The number of hydrogen-bond donors (Lipinski definition) is 1. The van der Waals surface area contributed by atoms with Gasteiger partial charge < -0.3 is 18.6 Å². The van der Waals surface area contributed by atoms with E-state index < -0.39 is 9.53 Å². The van der Waals surface area contributed by atoms with E-state index in [2.05, 4.69) is 12.4 Å². The maximum Gasteiger partial charge on any atom is 0.484 e. The summed E-state index contributed by atoms with van der Waals surface area (Å²) in [6.45, 7) is 7.86. The standard InChI is InChI=1S/C7H15N.C6H16O3Si/c1-8-7-5-3-2-4-6-7;1-4-7-10(8-5-2)9-6-3/h7-8H,2-6H2,1H3;10H,4-6H2,1-3H3. The van der Waals surface area contributed by atoms with Crippen molar-refractivity contribution in [3.05, 3.63) is 0 Å². The monoisotopic (exact) mass is 277 g/mol. The molecule has 1 fully saturated rings. The van der Waals surface area contributed by atoms with Crippen LogP contribution in [0.1, 0.15) is 52.9 Å². The third-order valence-corrected chi connectivity index (χ3v) is 4.74. The van der Waals surface area contributed by atoms with E-state index in [1.165, 1.54) is 32.1 Å². The first-order chi connectivity index (χ1) is 8.78. The summed E-state index contributed by atoms with van der Waals surface area (Å²) < 4.78 is 15.7. The molecule has 0 saturated heterocycles. The summed E-state index contributed by atoms with van der Waals surface area (Å²) in [5, 5.41) is 3.30. The molecule has 0 bridgehead atoms. The summed E-state index contributed by atoms with van der Waals surface area (Å²) in [6, 6.07) is 0.837. The Bertz CT molecular complexity index is 152. The van der Waals surface area contributed by atoms with Crippen molar-refractivity contribution in [3.8, 4) is 0 Å². The molecule has 18 heavy (non-hydrogen) atoms. The van der Waals surface area contributed by atoms with E-state index in [1.807, 2.05) is 20.8 Å². The van der Waals surface area contributed by atoms with Gasteiger partial charge in [-0.05, 0) is 40.7 Å². The Morgan fingerprint density at radius 2 is 1.33 bits per heavy atom. The zero-order valence-electron chi connectivity index (χ0n) is 12.5. The van der Waals surface area contributed by atoms with Crippen LogP contribution in [0, 0.1) is 0 Å². The molecule has 0 aromatic carbocycles. The first-order valence-electron chi connectivity index (χ1n) is 7.30.